The highest BCUT2D eigenvalue weighted by Crippen LogP contribution is 2.23. The molecule has 0 aliphatic carbocycles. The lowest BCUT2D eigenvalue weighted by molar-refractivity contribution is 0.647. The van der Waals surface area contributed by atoms with Crippen LogP contribution in [0, 0.1) is 6.92 Å². The van der Waals surface area contributed by atoms with E-state index in [4.69, 9.17) is 11.6 Å². The summed E-state index contributed by atoms with van der Waals surface area (Å²) >= 11 is 7.79. The number of benzene rings is 1. The number of nitrogens with zero attached hydrogens (tertiary/aromatic N) is 3. The van der Waals surface area contributed by atoms with Crippen molar-refractivity contribution in [1.82, 2.24) is 15.6 Å². The van der Waals surface area contributed by atoms with E-state index in [0.29, 0.717) is 6.04 Å². The number of halogens is 1. The molecule has 1 aromatic carbocycles. The largest absolute Gasteiger partial charge is 0.369 e. The second-order valence-electron chi connectivity index (χ2n) is 6.16. The zero-order valence-corrected chi connectivity index (χ0v) is 16.2. The first-order valence-electron chi connectivity index (χ1n) is 8.53. The monoisotopic (exact) mass is 377 g/mol. The Kier molecular flexibility index (Phi) is 6.15. The van der Waals surface area contributed by atoms with Crippen molar-refractivity contribution in [2.45, 2.75) is 25.8 Å². The third-order valence-corrected chi connectivity index (χ3v) is 5.32. The summed E-state index contributed by atoms with van der Waals surface area (Å²) in [5.41, 5.74) is 2.32. The van der Waals surface area contributed by atoms with Gasteiger partial charge in [-0.15, -0.1) is 11.3 Å². The fourth-order valence-electron chi connectivity index (χ4n) is 3.01. The molecule has 2 heterocycles. The first kappa shape index (κ1) is 18.0. The Labute approximate surface area is 158 Å². The van der Waals surface area contributed by atoms with Crippen molar-refractivity contribution < 1.29 is 0 Å². The van der Waals surface area contributed by atoms with Crippen LogP contribution in [0.2, 0.25) is 5.02 Å². The highest BCUT2D eigenvalue weighted by Gasteiger charge is 2.23. The lowest BCUT2D eigenvalue weighted by Gasteiger charge is -2.20. The Morgan fingerprint density at radius 1 is 1.48 bits per heavy atom. The first-order valence-corrected chi connectivity index (χ1v) is 9.78. The van der Waals surface area contributed by atoms with Crippen LogP contribution in [0.15, 0.2) is 34.6 Å². The van der Waals surface area contributed by atoms with Gasteiger partial charge in [-0.1, -0.05) is 17.7 Å². The van der Waals surface area contributed by atoms with Crippen LogP contribution in [0.5, 0.6) is 0 Å². The molecule has 0 radical (unpaired) electrons. The minimum Gasteiger partial charge on any atom is -0.369 e. The topological polar surface area (TPSA) is 52.6 Å². The number of nitrogens with one attached hydrogen (secondary N) is 2. The van der Waals surface area contributed by atoms with Crippen LogP contribution in [0.4, 0.5) is 5.69 Å². The van der Waals surface area contributed by atoms with Gasteiger partial charge in [0.15, 0.2) is 5.96 Å². The number of rotatable bonds is 5. The molecule has 0 amide bonds. The third-order valence-electron chi connectivity index (χ3n) is 4.27. The van der Waals surface area contributed by atoms with Gasteiger partial charge < -0.3 is 15.5 Å². The highest BCUT2D eigenvalue weighted by atomic mass is 35.5. The Morgan fingerprint density at radius 3 is 3.08 bits per heavy atom. The number of thiazole rings is 1. The SMILES string of the molecule is CN=C(NCCc1csc(C)n1)NC1CCN(c2cccc(Cl)c2)C1. The Morgan fingerprint density at radius 2 is 2.36 bits per heavy atom. The van der Waals surface area contributed by atoms with E-state index in [1.54, 1.807) is 11.3 Å². The number of aliphatic imine (C=N–C) groups is 1. The zero-order chi connectivity index (χ0) is 17.6. The molecule has 2 N–H and O–H groups in total. The minimum absolute atomic E-state index is 0.381. The number of anilines is 1. The number of aromatic nitrogens is 1. The van der Waals surface area contributed by atoms with E-state index in [1.165, 1.54) is 5.69 Å². The van der Waals surface area contributed by atoms with Gasteiger partial charge in [0.1, 0.15) is 0 Å². The molecule has 0 saturated carbocycles. The van der Waals surface area contributed by atoms with Crippen molar-refractivity contribution in [1.29, 1.82) is 0 Å². The van der Waals surface area contributed by atoms with Gasteiger partial charge in [0.05, 0.1) is 10.7 Å². The lowest BCUT2D eigenvalue weighted by atomic mass is 10.2. The Hall–Kier alpha value is -1.79. The van der Waals surface area contributed by atoms with E-state index in [2.05, 4.69) is 37.0 Å². The van der Waals surface area contributed by atoms with E-state index in [1.807, 2.05) is 32.2 Å². The second-order valence-corrected chi connectivity index (χ2v) is 7.66. The maximum Gasteiger partial charge on any atom is 0.191 e. The summed E-state index contributed by atoms with van der Waals surface area (Å²) in [5.74, 6) is 0.852. The van der Waals surface area contributed by atoms with Gasteiger partial charge in [0.2, 0.25) is 0 Å². The van der Waals surface area contributed by atoms with E-state index < -0.39 is 0 Å². The number of aryl methyl sites for hydroxylation is 1. The Balaban J connectivity index is 1.46. The predicted octanol–water partition coefficient (Wildman–Crippen LogP) is 3.09. The smallest absolute Gasteiger partial charge is 0.191 e. The highest BCUT2D eigenvalue weighted by molar-refractivity contribution is 7.09. The molecule has 0 spiro atoms. The van der Waals surface area contributed by atoms with Gasteiger partial charge in [-0.3, -0.25) is 4.99 Å². The van der Waals surface area contributed by atoms with Gasteiger partial charge >= 0.3 is 0 Å². The fraction of sp³-hybridized carbons (Fsp3) is 0.444. The van der Waals surface area contributed by atoms with Gasteiger partial charge in [-0.25, -0.2) is 4.98 Å². The van der Waals surface area contributed by atoms with Crippen molar-refractivity contribution in [3.8, 4) is 0 Å². The van der Waals surface area contributed by atoms with Crippen LogP contribution < -0.4 is 15.5 Å². The first-order chi connectivity index (χ1) is 12.1. The summed E-state index contributed by atoms with van der Waals surface area (Å²) in [6, 6.07) is 8.42. The molecule has 1 unspecified atom stereocenters. The second kappa shape index (κ2) is 8.54. The van der Waals surface area contributed by atoms with Gasteiger partial charge in [0, 0.05) is 55.2 Å². The standard InChI is InChI=1S/C18H24ClN5S/c1-13-22-16(12-25-13)6-8-21-18(20-2)23-15-7-9-24(11-15)17-5-3-4-14(19)10-17/h3-5,10,12,15H,6-9,11H2,1-2H3,(H2,20,21,23). The molecule has 1 fully saturated rings. The summed E-state index contributed by atoms with van der Waals surface area (Å²) in [7, 11) is 1.81. The quantitative estimate of drug-likeness (QED) is 0.621. The lowest BCUT2D eigenvalue weighted by Crippen LogP contribution is -2.45. The molecule has 0 bridgehead atoms. The van der Waals surface area contributed by atoms with Crippen molar-refractivity contribution in [3.05, 3.63) is 45.4 Å². The summed E-state index contributed by atoms with van der Waals surface area (Å²) in [4.78, 5) is 11.2. The molecule has 1 atom stereocenters. The van der Waals surface area contributed by atoms with Crippen LogP contribution in [0.3, 0.4) is 0 Å². The normalized spacial score (nSPS) is 17.8. The third kappa shape index (κ3) is 5.09. The molecular weight excluding hydrogens is 354 g/mol. The molecule has 3 rings (SSSR count). The summed E-state index contributed by atoms with van der Waals surface area (Å²) < 4.78 is 0. The van der Waals surface area contributed by atoms with Crippen LogP contribution in [0.25, 0.3) is 0 Å². The van der Waals surface area contributed by atoms with Crippen molar-refractivity contribution in [2.75, 3.05) is 31.6 Å². The predicted molar refractivity (Wildman–Crippen MR) is 107 cm³/mol. The van der Waals surface area contributed by atoms with Crippen LogP contribution in [-0.4, -0.2) is 43.7 Å². The van der Waals surface area contributed by atoms with Gasteiger partial charge in [-0.2, -0.15) is 0 Å². The zero-order valence-electron chi connectivity index (χ0n) is 14.6. The van der Waals surface area contributed by atoms with Crippen LogP contribution in [0.1, 0.15) is 17.1 Å². The van der Waals surface area contributed by atoms with E-state index >= 15 is 0 Å². The van der Waals surface area contributed by atoms with Crippen molar-refractivity contribution in [2.24, 2.45) is 4.99 Å². The molecule has 25 heavy (non-hydrogen) atoms. The number of guanidine groups is 1. The van der Waals surface area contributed by atoms with Crippen LogP contribution in [-0.2, 0) is 6.42 Å². The van der Waals surface area contributed by atoms with Crippen molar-refractivity contribution in [3.63, 3.8) is 0 Å². The number of hydrogen-bond donors (Lipinski definition) is 2. The molecule has 134 valence electrons. The molecule has 1 aromatic heterocycles. The van der Waals surface area contributed by atoms with Gasteiger partial charge in [0.25, 0.3) is 0 Å². The molecule has 1 aliphatic rings. The molecule has 2 aromatic rings. The molecule has 1 aliphatic heterocycles. The maximum absolute atomic E-state index is 6.10. The van der Waals surface area contributed by atoms with E-state index in [-0.39, 0.29) is 0 Å². The van der Waals surface area contributed by atoms with Crippen molar-refractivity contribution >= 4 is 34.6 Å². The Bertz CT molecular complexity index is 730. The molecule has 5 nitrogen and oxygen atoms in total. The molecule has 1 saturated heterocycles. The average Bonchev–Trinajstić information content (AvgIpc) is 3.23. The molecule has 7 heteroatoms. The average molecular weight is 378 g/mol. The van der Waals surface area contributed by atoms with Crippen LogP contribution >= 0.6 is 22.9 Å². The fourth-order valence-corrected chi connectivity index (χ4v) is 3.84. The summed E-state index contributed by atoms with van der Waals surface area (Å²) in [6.07, 6.45) is 1.99. The van der Waals surface area contributed by atoms with E-state index in [0.717, 1.165) is 54.2 Å². The van der Waals surface area contributed by atoms with Gasteiger partial charge in [-0.05, 0) is 31.5 Å². The molecular formula is C18H24ClN5S. The maximum atomic E-state index is 6.10. The summed E-state index contributed by atoms with van der Waals surface area (Å²) in [5, 5.41) is 10.9. The number of hydrogen-bond acceptors (Lipinski definition) is 4. The van der Waals surface area contributed by atoms with E-state index in [9.17, 15) is 0 Å². The minimum atomic E-state index is 0.381. The summed E-state index contributed by atoms with van der Waals surface area (Å²) in [6.45, 7) is 4.83.